The first kappa shape index (κ1) is 12.0. The molecule has 6 heteroatoms. The van der Waals surface area contributed by atoms with Crippen molar-refractivity contribution in [1.82, 2.24) is 9.78 Å². The lowest BCUT2D eigenvalue weighted by Crippen LogP contribution is -2.20. The summed E-state index contributed by atoms with van der Waals surface area (Å²) in [6.45, 7) is 1.58. The van der Waals surface area contributed by atoms with E-state index in [0.29, 0.717) is 11.3 Å². The van der Waals surface area contributed by atoms with E-state index in [4.69, 9.17) is 5.11 Å². The number of carboxylic acids is 1. The molecule has 18 heavy (non-hydrogen) atoms. The highest BCUT2D eigenvalue weighted by Gasteiger charge is 2.11. The van der Waals surface area contributed by atoms with Crippen LogP contribution in [0.3, 0.4) is 0 Å². The molecule has 0 bridgehead atoms. The highest BCUT2D eigenvalue weighted by molar-refractivity contribution is 5.84. The molecule has 0 spiro atoms. The van der Waals surface area contributed by atoms with Crippen molar-refractivity contribution in [1.29, 1.82) is 0 Å². The van der Waals surface area contributed by atoms with E-state index in [9.17, 15) is 14.0 Å². The average molecular weight is 248 g/mol. The van der Waals surface area contributed by atoms with Gasteiger partial charge in [-0.1, -0.05) is 0 Å². The zero-order valence-corrected chi connectivity index (χ0v) is 9.42. The second-order valence-electron chi connectivity index (χ2n) is 3.71. The van der Waals surface area contributed by atoms with Gasteiger partial charge in [-0.2, -0.15) is 5.10 Å². The molecule has 0 fully saturated rings. The van der Waals surface area contributed by atoms with Crippen LogP contribution in [-0.4, -0.2) is 20.9 Å². The lowest BCUT2D eigenvalue weighted by molar-refractivity contribution is 0.0687. The second-order valence-corrected chi connectivity index (χ2v) is 3.71. The Labute approximate surface area is 101 Å². The first-order chi connectivity index (χ1) is 8.49. The third-order valence-corrected chi connectivity index (χ3v) is 2.42. The van der Waals surface area contributed by atoms with E-state index in [1.54, 1.807) is 6.92 Å². The molecule has 1 aromatic carbocycles. The van der Waals surface area contributed by atoms with Gasteiger partial charge in [0.05, 0.1) is 5.69 Å². The zero-order valence-electron chi connectivity index (χ0n) is 9.42. The van der Waals surface area contributed by atoms with Crippen LogP contribution in [0.15, 0.2) is 35.3 Å². The van der Waals surface area contributed by atoms with E-state index < -0.39 is 17.1 Å². The van der Waals surface area contributed by atoms with Gasteiger partial charge < -0.3 is 5.11 Å². The summed E-state index contributed by atoms with van der Waals surface area (Å²) in [6.07, 6.45) is 1.33. The molecule has 0 aliphatic carbocycles. The summed E-state index contributed by atoms with van der Waals surface area (Å²) in [5.74, 6) is -1.76. The number of carbonyl (C=O) groups is 1. The Hall–Kier alpha value is -2.50. The highest BCUT2D eigenvalue weighted by atomic mass is 19.1. The monoisotopic (exact) mass is 248 g/mol. The largest absolute Gasteiger partial charge is 0.476 e. The summed E-state index contributed by atoms with van der Waals surface area (Å²) in [6, 6.07) is 5.32. The minimum atomic E-state index is -1.40. The van der Waals surface area contributed by atoms with E-state index in [0.717, 1.165) is 6.07 Å². The van der Waals surface area contributed by atoms with Gasteiger partial charge in [0.15, 0.2) is 0 Å². The van der Waals surface area contributed by atoms with Crippen LogP contribution in [0.1, 0.15) is 16.1 Å². The maximum absolute atomic E-state index is 13.1. The molecule has 2 rings (SSSR count). The van der Waals surface area contributed by atoms with Crippen molar-refractivity contribution >= 4 is 5.97 Å². The lowest BCUT2D eigenvalue weighted by atomic mass is 10.2. The number of halogens is 1. The predicted octanol–water partition coefficient (Wildman–Crippen LogP) is 1.38. The lowest BCUT2D eigenvalue weighted by Gasteiger charge is -2.07. The molecular formula is C12H9FN2O3. The summed E-state index contributed by atoms with van der Waals surface area (Å²) < 4.78 is 14.3. The van der Waals surface area contributed by atoms with Crippen LogP contribution in [0.25, 0.3) is 5.69 Å². The number of rotatable bonds is 2. The third-order valence-electron chi connectivity index (χ3n) is 2.42. The molecule has 1 aromatic heterocycles. The number of aromatic carboxylic acids is 1. The van der Waals surface area contributed by atoms with Gasteiger partial charge in [0.1, 0.15) is 5.82 Å². The molecule has 1 N–H and O–H groups in total. The molecule has 0 radical (unpaired) electrons. The Morgan fingerprint density at radius 1 is 1.39 bits per heavy atom. The van der Waals surface area contributed by atoms with Crippen LogP contribution in [0, 0.1) is 12.7 Å². The summed E-state index contributed by atoms with van der Waals surface area (Å²) in [7, 11) is 0. The van der Waals surface area contributed by atoms with Gasteiger partial charge in [-0.3, -0.25) is 4.79 Å². The van der Waals surface area contributed by atoms with E-state index in [2.05, 4.69) is 5.10 Å². The van der Waals surface area contributed by atoms with Crippen LogP contribution in [0.2, 0.25) is 0 Å². The summed E-state index contributed by atoms with van der Waals surface area (Å²) >= 11 is 0. The molecule has 0 saturated heterocycles. The molecule has 1 heterocycles. The molecule has 92 valence electrons. The molecule has 5 nitrogen and oxygen atoms in total. The topological polar surface area (TPSA) is 72.2 Å². The van der Waals surface area contributed by atoms with Crippen LogP contribution >= 0.6 is 0 Å². The zero-order chi connectivity index (χ0) is 13.3. The van der Waals surface area contributed by atoms with Crippen molar-refractivity contribution in [2.75, 3.05) is 0 Å². The van der Waals surface area contributed by atoms with Crippen molar-refractivity contribution < 1.29 is 14.3 Å². The highest BCUT2D eigenvalue weighted by Crippen LogP contribution is 2.12. The molecule has 0 aliphatic heterocycles. The first-order valence-corrected chi connectivity index (χ1v) is 5.09. The van der Waals surface area contributed by atoms with Crippen molar-refractivity contribution in [3.05, 3.63) is 57.8 Å². The fourth-order valence-electron chi connectivity index (χ4n) is 1.47. The Kier molecular flexibility index (Phi) is 2.93. The minimum Gasteiger partial charge on any atom is -0.476 e. The van der Waals surface area contributed by atoms with E-state index >= 15 is 0 Å². The number of hydrogen-bond acceptors (Lipinski definition) is 3. The van der Waals surface area contributed by atoms with Crippen LogP contribution in [-0.2, 0) is 0 Å². The minimum absolute atomic E-state index is 0.363. The van der Waals surface area contributed by atoms with Gasteiger partial charge in [-0.15, -0.1) is 0 Å². The van der Waals surface area contributed by atoms with Gasteiger partial charge >= 0.3 is 5.97 Å². The van der Waals surface area contributed by atoms with Crippen molar-refractivity contribution in [2.24, 2.45) is 0 Å². The number of nitrogens with zero attached hydrogens (tertiary/aromatic N) is 2. The molecular weight excluding hydrogens is 239 g/mol. The maximum Gasteiger partial charge on any atom is 0.360 e. The van der Waals surface area contributed by atoms with Crippen molar-refractivity contribution in [3.8, 4) is 5.69 Å². The normalized spacial score (nSPS) is 10.3. The van der Waals surface area contributed by atoms with Crippen molar-refractivity contribution in [3.63, 3.8) is 0 Å². The predicted molar refractivity (Wildman–Crippen MR) is 61.5 cm³/mol. The molecule has 0 atom stereocenters. The Morgan fingerprint density at radius 3 is 2.72 bits per heavy atom. The first-order valence-electron chi connectivity index (χ1n) is 5.09. The number of aryl methyl sites for hydroxylation is 1. The quantitative estimate of drug-likeness (QED) is 0.871. The number of benzene rings is 1. The fourth-order valence-corrected chi connectivity index (χ4v) is 1.47. The van der Waals surface area contributed by atoms with E-state index in [1.807, 2.05) is 0 Å². The standard InChI is InChI=1S/C12H9FN2O3/c1-7-6-8(2-3-9(7)13)15-5-4-10(16)11(14-15)12(17)18/h2-6H,1H3,(H,17,18). The Bertz CT molecular complexity index is 679. The van der Waals surface area contributed by atoms with Crippen LogP contribution in [0.5, 0.6) is 0 Å². The van der Waals surface area contributed by atoms with E-state index in [1.165, 1.54) is 29.1 Å². The Balaban J connectivity index is 2.57. The van der Waals surface area contributed by atoms with Crippen LogP contribution < -0.4 is 5.43 Å². The number of hydrogen-bond donors (Lipinski definition) is 1. The molecule has 0 amide bonds. The van der Waals surface area contributed by atoms with Gasteiger partial charge in [0, 0.05) is 12.3 Å². The molecule has 0 saturated carbocycles. The van der Waals surface area contributed by atoms with Gasteiger partial charge in [-0.25, -0.2) is 13.9 Å². The average Bonchev–Trinajstić information content (AvgIpc) is 2.33. The summed E-state index contributed by atoms with van der Waals surface area (Å²) in [5, 5.41) is 12.5. The fraction of sp³-hybridized carbons (Fsp3) is 0.0833. The SMILES string of the molecule is Cc1cc(-n2ccc(=O)c(C(=O)O)n2)ccc1F. The molecule has 2 aromatic rings. The maximum atomic E-state index is 13.1. The van der Waals surface area contributed by atoms with Crippen LogP contribution in [0.4, 0.5) is 4.39 Å². The smallest absolute Gasteiger partial charge is 0.360 e. The van der Waals surface area contributed by atoms with Gasteiger partial charge in [-0.05, 0) is 30.7 Å². The summed E-state index contributed by atoms with van der Waals surface area (Å²) in [5.41, 5.74) is -0.349. The molecule has 0 unspecified atom stereocenters. The summed E-state index contributed by atoms with van der Waals surface area (Å²) in [4.78, 5) is 22.0. The number of aromatic nitrogens is 2. The van der Waals surface area contributed by atoms with Gasteiger partial charge in [0.2, 0.25) is 11.1 Å². The molecule has 0 aliphatic rings. The van der Waals surface area contributed by atoms with Crippen molar-refractivity contribution in [2.45, 2.75) is 6.92 Å². The Morgan fingerprint density at radius 2 is 2.11 bits per heavy atom. The second kappa shape index (κ2) is 4.40. The van der Waals surface area contributed by atoms with E-state index in [-0.39, 0.29) is 5.82 Å². The third kappa shape index (κ3) is 2.13. The van der Waals surface area contributed by atoms with Gasteiger partial charge in [0.25, 0.3) is 0 Å². The number of carboxylic acid groups (broad SMARTS) is 1.